The fourth-order valence-electron chi connectivity index (χ4n) is 1.26. The van der Waals surface area contributed by atoms with Crippen molar-refractivity contribution < 1.29 is 5.11 Å². The smallest absolute Gasteiger partial charge is 0.151 e. The lowest BCUT2D eigenvalue weighted by Gasteiger charge is -2.02. The zero-order valence-electron chi connectivity index (χ0n) is 10.9. The highest BCUT2D eigenvalue weighted by Crippen LogP contribution is 2.30. The predicted octanol–water partition coefficient (Wildman–Crippen LogP) is 5.85. The average Bonchev–Trinajstić information content (AvgIpc) is 2.45. The molecule has 0 radical (unpaired) electrons. The van der Waals surface area contributed by atoms with Crippen LogP contribution in [0.4, 0.5) is 5.82 Å². The number of aromatic nitrogens is 1. The molecule has 1 aromatic heterocycles. The van der Waals surface area contributed by atoms with Crippen molar-refractivity contribution in [1.82, 2.24) is 4.98 Å². The Kier molecular flexibility index (Phi) is 7.40. The molecule has 1 N–H and O–H groups in total. The van der Waals surface area contributed by atoms with Crippen molar-refractivity contribution in [2.45, 2.75) is 13.8 Å². The molecule has 2 aromatic rings. The van der Waals surface area contributed by atoms with Gasteiger partial charge in [-0.05, 0) is 56.1 Å². The lowest BCUT2D eigenvalue weighted by Crippen LogP contribution is -1.85. The fourth-order valence-corrected chi connectivity index (χ4v) is 2.76. The normalized spacial score (nSPS) is 10.2. The summed E-state index contributed by atoms with van der Waals surface area (Å²) in [5.41, 5.74) is 0.612. The van der Waals surface area contributed by atoms with Gasteiger partial charge in [-0.1, -0.05) is 29.8 Å². The molecule has 1 heterocycles. The first-order chi connectivity index (χ1) is 9.56. The quantitative estimate of drug-likeness (QED) is 0.566. The van der Waals surface area contributed by atoms with Crippen LogP contribution in [0.5, 0.6) is 5.75 Å². The molecule has 20 heavy (non-hydrogen) atoms. The summed E-state index contributed by atoms with van der Waals surface area (Å²) in [5, 5.41) is 9.86. The summed E-state index contributed by atoms with van der Waals surface area (Å²) in [7, 11) is 0. The summed E-state index contributed by atoms with van der Waals surface area (Å²) >= 11 is 9.93. The zero-order valence-corrected chi connectivity index (χ0v) is 15.7. The fraction of sp³-hybridized carbons (Fsp3) is 0.143. The molecule has 0 unspecified atom stereocenters. The molecule has 0 aliphatic heterocycles. The minimum absolute atomic E-state index is 0.152. The third kappa shape index (κ3) is 5.00. The zero-order chi connectivity index (χ0) is 15.1. The monoisotopic (exact) mass is 462 g/mol. The Hall–Kier alpha value is -0.720. The molecule has 0 spiro atoms. The topological polar surface area (TPSA) is 45.5 Å². The molecular formula is C14H13Br3N2O. The predicted molar refractivity (Wildman–Crippen MR) is 94.0 cm³/mol. The third-order valence-corrected chi connectivity index (χ3v) is 3.64. The summed E-state index contributed by atoms with van der Waals surface area (Å²) in [6, 6.07) is 7.19. The van der Waals surface area contributed by atoms with E-state index in [1.165, 1.54) is 0 Å². The van der Waals surface area contributed by atoms with Gasteiger partial charge in [0.2, 0.25) is 0 Å². The molecule has 0 saturated carbocycles. The van der Waals surface area contributed by atoms with Crippen LogP contribution in [0.2, 0.25) is 0 Å². The average molecular weight is 465 g/mol. The molecular weight excluding hydrogens is 452 g/mol. The molecule has 0 fully saturated rings. The standard InChI is InChI=1S/C12H7Br3N2O.C2H6/c13-8-1-2-11(17-6-8)16-5-7-3-9(14)4-10(15)12(7)18;1-2/h1-6,18H;1-2H3. The Balaban J connectivity index is 0.000000956. The van der Waals surface area contributed by atoms with E-state index in [9.17, 15) is 5.11 Å². The van der Waals surface area contributed by atoms with Crippen molar-refractivity contribution >= 4 is 59.8 Å². The highest BCUT2D eigenvalue weighted by atomic mass is 79.9. The van der Waals surface area contributed by atoms with Crippen LogP contribution in [-0.2, 0) is 0 Å². The van der Waals surface area contributed by atoms with Crippen molar-refractivity contribution in [1.29, 1.82) is 0 Å². The number of hydrogen-bond donors (Lipinski definition) is 1. The van der Waals surface area contributed by atoms with Crippen LogP contribution >= 0.6 is 47.8 Å². The molecule has 2 rings (SSSR count). The van der Waals surface area contributed by atoms with Gasteiger partial charge in [0.15, 0.2) is 5.82 Å². The van der Waals surface area contributed by atoms with Gasteiger partial charge in [0.25, 0.3) is 0 Å². The van der Waals surface area contributed by atoms with Crippen molar-refractivity contribution in [3.05, 3.63) is 49.4 Å². The Labute approximate surface area is 143 Å². The van der Waals surface area contributed by atoms with E-state index >= 15 is 0 Å². The molecule has 0 saturated heterocycles. The molecule has 0 aliphatic carbocycles. The number of aromatic hydroxyl groups is 1. The van der Waals surface area contributed by atoms with E-state index in [2.05, 4.69) is 57.8 Å². The van der Waals surface area contributed by atoms with Gasteiger partial charge in [-0.3, -0.25) is 0 Å². The van der Waals surface area contributed by atoms with Gasteiger partial charge < -0.3 is 5.11 Å². The van der Waals surface area contributed by atoms with E-state index < -0.39 is 0 Å². The molecule has 0 aliphatic rings. The van der Waals surface area contributed by atoms with Crippen molar-refractivity contribution in [2.75, 3.05) is 0 Å². The van der Waals surface area contributed by atoms with E-state index in [0.717, 1.165) is 8.95 Å². The van der Waals surface area contributed by atoms with Gasteiger partial charge in [0.1, 0.15) is 5.75 Å². The van der Waals surface area contributed by atoms with E-state index in [1.54, 1.807) is 30.6 Å². The van der Waals surface area contributed by atoms with E-state index in [0.29, 0.717) is 15.9 Å². The van der Waals surface area contributed by atoms with Crippen LogP contribution in [0.25, 0.3) is 0 Å². The van der Waals surface area contributed by atoms with Gasteiger partial charge >= 0.3 is 0 Å². The summed E-state index contributed by atoms with van der Waals surface area (Å²) in [5.74, 6) is 0.729. The van der Waals surface area contributed by atoms with Crippen molar-refractivity contribution in [3.63, 3.8) is 0 Å². The van der Waals surface area contributed by atoms with Crippen LogP contribution in [0.15, 0.2) is 48.9 Å². The number of phenolic OH excluding ortho intramolecular Hbond substituents is 1. The number of halogens is 3. The molecule has 1 aromatic carbocycles. The van der Waals surface area contributed by atoms with E-state index in [1.807, 2.05) is 19.9 Å². The second kappa shape index (κ2) is 8.54. The minimum atomic E-state index is 0.152. The lowest BCUT2D eigenvalue weighted by atomic mass is 10.2. The van der Waals surface area contributed by atoms with Crippen LogP contribution in [0.3, 0.4) is 0 Å². The summed E-state index contributed by atoms with van der Waals surface area (Å²) < 4.78 is 2.37. The number of aliphatic imine (C=N–C) groups is 1. The maximum Gasteiger partial charge on any atom is 0.151 e. The van der Waals surface area contributed by atoms with Crippen LogP contribution in [-0.4, -0.2) is 16.3 Å². The van der Waals surface area contributed by atoms with Crippen LogP contribution < -0.4 is 0 Å². The molecule has 106 valence electrons. The number of phenols is 1. The summed E-state index contributed by atoms with van der Waals surface area (Å²) in [6.07, 6.45) is 3.24. The Morgan fingerprint density at radius 2 is 1.80 bits per heavy atom. The molecule has 3 nitrogen and oxygen atoms in total. The highest BCUT2D eigenvalue weighted by Gasteiger charge is 2.05. The van der Waals surface area contributed by atoms with Gasteiger partial charge in [0.05, 0.1) is 4.47 Å². The number of nitrogens with zero attached hydrogens (tertiary/aromatic N) is 2. The number of benzene rings is 1. The Morgan fingerprint density at radius 3 is 2.40 bits per heavy atom. The molecule has 0 atom stereocenters. The van der Waals surface area contributed by atoms with Gasteiger partial charge in [0, 0.05) is 26.9 Å². The first-order valence-corrected chi connectivity index (χ1v) is 8.28. The maximum absolute atomic E-state index is 9.86. The number of rotatable bonds is 2. The third-order valence-electron chi connectivity index (χ3n) is 2.11. The maximum atomic E-state index is 9.86. The largest absolute Gasteiger partial charge is 0.506 e. The molecule has 6 heteroatoms. The highest BCUT2D eigenvalue weighted by molar-refractivity contribution is 9.11. The van der Waals surface area contributed by atoms with Crippen molar-refractivity contribution in [2.24, 2.45) is 4.99 Å². The Morgan fingerprint density at radius 1 is 1.10 bits per heavy atom. The molecule has 0 amide bonds. The van der Waals surface area contributed by atoms with E-state index in [4.69, 9.17) is 0 Å². The minimum Gasteiger partial charge on any atom is -0.506 e. The SMILES string of the molecule is CC.Oc1c(Br)cc(Br)cc1C=Nc1ccc(Br)cn1. The lowest BCUT2D eigenvalue weighted by molar-refractivity contribution is 0.471. The number of hydrogen-bond acceptors (Lipinski definition) is 3. The number of pyridine rings is 1. The molecule has 0 bridgehead atoms. The first kappa shape index (κ1) is 17.3. The van der Waals surface area contributed by atoms with Crippen LogP contribution in [0, 0.1) is 0 Å². The van der Waals surface area contributed by atoms with Gasteiger partial charge in [-0.2, -0.15) is 0 Å². The van der Waals surface area contributed by atoms with Crippen LogP contribution in [0.1, 0.15) is 19.4 Å². The summed E-state index contributed by atoms with van der Waals surface area (Å²) in [6.45, 7) is 4.00. The van der Waals surface area contributed by atoms with Crippen molar-refractivity contribution in [3.8, 4) is 5.75 Å². The first-order valence-electron chi connectivity index (χ1n) is 5.90. The summed E-state index contributed by atoms with van der Waals surface area (Å²) in [4.78, 5) is 8.32. The van der Waals surface area contributed by atoms with Gasteiger partial charge in [-0.15, -0.1) is 0 Å². The second-order valence-corrected chi connectivity index (χ2v) is 6.10. The van der Waals surface area contributed by atoms with E-state index in [-0.39, 0.29) is 5.75 Å². The Bertz CT molecular complexity index is 598. The second-order valence-electron chi connectivity index (χ2n) is 3.42. The van der Waals surface area contributed by atoms with Gasteiger partial charge in [-0.25, -0.2) is 9.98 Å².